The Labute approximate surface area is 149 Å². The number of benzene rings is 2. The van der Waals surface area contributed by atoms with Crippen LogP contribution >= 0.6 is 0 Å². The number of carbonyl (C=O) groups excluding carboxylic acids is 2. The molecule has 0 aliphatic carbocycles. The molecule has 0 aliphatic heterocycles. The molecule has 0 spiro atoms. The first-order chi connectivity index (χ1) is 12.4. The van der Waals surface area contributed by atoms with E-state index in [0.717, 1.165) is 0 Å². The number of nitrogens with one attached hydrogen (secondary N) is 2. The van der Waals surface area contributed by atoms with E-state index in [1.807, 2.05) is 0 Å². The SMILES string of the molecule is CC(=O)c1cccc(NC(=O)Nc2cc(C)nn2-c2ccc(F)cc2)c1. The standard InChI is InChI=1S/C19H17FN4O2/c1-12-10-18(24(23-12)17-8-6-15(20)7-9-17)22-19(26)21-16-5-3-4-14(11-16)13(2)25/h3-11H,1-2H3,(H2,21,22,26). The van der Waals surface area contributed by atoms with Crippen molar-refractivity contribution < 1.29 is 14.0 Å². The molecule has 0 fully saturated rings. The highest BCUT2D eigenvalue weighted by Gasteiger charge is 2.12. The van der Waals surface area contributed by atoms with Crippen molar-refractivity contribution in [2.45, 2.75) is 13.8 Å². The molecule has 3 aromatic rings. The van der Waals surface area contributed by atoms with Crippen LogP contribution in [0, 0.1) is 12.7 Å². The Balaban J connectivity index is 1.79. The summed E-state index contributed by atoms with van der Waals surface area (Å²) >= 11 is 0. The first-order valence-corrected chi connectivity index (χ1v) is 7.94. The van der Waals surface area contributed by atoms with E-state index >= 15 is 0 Å². The lowest BCUT2D eigenvalue weighted by Gasteiger charge is -2.10. The first-order valence-electron chi connectivity index (χ1n) is 7.94. The number of aryl methyl sites for hydroxylation is 1. The molecule has 3 rings (SSSR count). The molecule has 0 saturated carbocycles. The fourth-order valence-corrected chi connectivity index (χ4v) is 2.46. The Morgan fingerprint density at radius 3 is 2.46 bits per heavy atom. The van der Waals surface area contributed by atoms with Gasteiger partial charge in [0, 0.05) is 17.3 Å². The van der Waals surface area contributed by atoms with Crippen molar-refractivity contribution in [2.75, 3.05) is 10.6 Å². The summed E-state index contributed by atoms with van der Waals surface area (Å²) in [4.78, 5) is 23.7. The van der Waals surface area contributed by atoms with Gasteiger partial charge in [-0.3, -0.25) is 10.1 Å². The number of halogens is 1. The molecular weight excluding hydrogens is 335 g/mol. The highest BCUT2D eigenvalue weighted by Crippen LogP contribution is 2.18. The molecule has 132 valence electrons. The molecule has 0 aliphatic rings. The lowest BCUT2D eigenvalue weighted by molar-refractivity contribution is 0.101. The van der Waals surface area contributed by atoms with E-state index in [1.165, 1.54) is 23.7 Å². The van der Waals surface area contributed by atoms with Crippen LogP contribution in [0.1, 0.15) is 23.0 Å². The maximum absolute atomic E-state index is 13.1. The Bertz CT molecular complexity index is 964. The van der Waals surface area contributed by atoms with Crippen molar-refractivity contribution in [2.24, 2.45) is 0 Å². The Morgan fingerprint density at radius 1 is 1.04 bits per heavy atom. The average Bonchev–Trinajstić information content (AvgIpc) is 2.95. The van der Waals surface area contributed by atoms with E-state index in [2.05, 4.69) is 15.7 Å². The Morgan fingerprint density at radius 2 is 1.77 bits per heavy atom. The third kappa shape index (κ3) is 3.94. The predicted molar refractivity (Wildman–Crippen MR) is 97.3 cm³/mol. The van der Waals surface area contributed by atoms with E-state index in [1.54, 1.807) is 49.4 Å². The number of nitrogens with zero attached hydrogens (tertiary/aromatic N) is 2. The molecule has 0 saturated heterocycles. The maximum atomic E-state index is 13.1. The Kier molecular flexibility index (Phi) is 4.79. The van der Waals surface area contributed by atoms with Crippen LogP contribution in [0.4, 0.5) is 20.7 Å². The lowest BCUT2D eigenvalue weighted by atomic mass is 10.1. The van der Waals surface area contributed by atoms with Crippen molar-refractivity contribution in [3.63, 3.8) is 0 Å². The van der Waals surface area contributed by atoms with E-state index in [9.17, 15) is 14.0 Å². The number of aromatic nitrogens is 2. The predicted octanol–water partition coefficient (Wildman–Crippen LogP) is 4.17. The number of carbonyl (C=O) groups is 2. The van der Waals surface area contributed by atoms with Crippen molar-refractivity contribution in [3.8, 4) is 5.69 Å². The minimum absolute atomic E-state index is 0.0842. The molecule has 2 aromatic carbocycles. The number of urea groups is 1. The van der Waals surface area contributed by atoms with Gasteiger partial charge in [-0.05, 0) is 50.2 Å². The molecule has 0 radical (unpaired) electrons. The van der Waals surface area contributed by atoms with Crippen LogP contribution in [0.25, 0.3) is 5.69 Å². The molecule has 1 heterocycles. The number of rotatable bonds is 4. The average molecular weight is 352 g/mol. The fraction of sp³-hybridized carbons (Fsp3) is 0.105. The molecule has 0 unspecified atom stereocenters. The van der Waals surface area contributed by atoms with E-state index in [4.69, 9.17) is 0 Å². The molecule has 2 amide bonds. The number of ketones is 1. The summed E-state index contributed by atoms with van der Waals surface area (Å²) < 4.78 is 14.6. The summed E-state index contributed by atoms with van der Waals surface area (Å²) in [7, 11) is 0. The molecular formula is C19H17FN4O2. The number of hydrogen-bond acceptors (Lipinski definition) is 3. The van der Waals surface area contributed by atoms with Crippen LogP contribution in [-0.4, -0.2) is 21.6 Å². The number of hydrogen-bond donors (Lipinski definition) is 2. The van der Waals surface area contributed by atoms with Crippen LogP contribution < -0.4 is 10.6 Å². The zero-order valence-corrected chi connectivity index (χ0v) is 14.3. The zero-order valence-electron chi connectivity index (χ0n) is 14.3. The van der Waals surface area contributed by atoms with Gasteiger partial charge in [0.1, 0.15) is 11.6 Å². The third-order valence-electron chi connectivity index (χ3n) is 3.67. The quantitative estimate of drug-likeness (QED) is 0.692. The van der Waals surface area contributed by atoms with E-state index < -0.39 is 6.03 Å². The lowest BCUT2D eigenvalue weighted by Crippen LogP contribution is -2.21. The van der Waals surface area contributed by atoms with Gasteiger partial charge in [0.25, 0.3) is 0 Å². The van der Waals surface area contributed by atoms with Gasteiger partial charge in [-0.15, -0.1) is 0 Å². The van der Waals surface area contributed by atoms with E-state index in [0.29, 0.717) is 28.5 Å². The highest BCUT2D eigenvalue weighted by molar-refractivity contribution is 6.01. The van der Waals surface area contributed by atoms with Crippen LogP contribution in [-0.2, 0) is 0 Å². The second-order valence-corrected chi connectivity index (χ2v) is 5.78. The van der Waals surface area contributed by atoms with Gasteiger partial charge in [0.05, 0.1) is 11.4 Å². The topological polar surface area (TPSA) is 76.0 Å². The summed E-state index contributed by atoms with van der Waals surface area (Å²) in [6.45, 7) is 3.25. The molecule has 1 aromatic heterocycles. The molecule has 0 bridgehead atoms. The Hall–Kier alpha value is -3.48. The van der Waals surface area contributed by atoms with Gasteiger partial charge in [-0.2, -0.15) is 5.10 Å². The molecule has 2 N–H and O–H groups in total. The minimum Gasteiger partial charge on any atom is -0.308 e. The van der Waals surface area contributed by atoms with Crippen LogP contribution in [0.5, 0.6) is 0 Å². The molecule has 6 nitrogen and oxygen atoms in total. The van der Waals surface area contributed by atoms with Gasteiger partial charge in [0.15, 0.2) is 5.78 Å². The monoisotopic (exact) mass is 352 g/mol. The van der Waals surface area contributed by atoms with Crippen LogP contribution in [0.2, 0.25) is 0 Å². The van der Waals surface area contributed by atoms with Gasteiger partial charge >= 0.3 is 6.03 Å². The van der Waals surface area contributed by atoms with Gasteiger partial charge in [-0.1, -0.05) is 12.1 Å². The normalized spacial score (nSPS) is 10.4. The maximum Gasteiger partial charge on any atom is 0.324 e. The smallest absolute Gasteiger partial charge is 0.308 e. The summed E-state index contributed by atoms with van der Waals surface area (Å²) in [5.74, 6) is 0.00336. The molecule has 0 atom stereocenters. The number of amides is 2. The number of Topliss-reactive ketones (excluding diaryl/α,β-unsaturated/α-hetero) is 1. The number of anilines is 2. The van der Waals surface area contributed by atoms with Gasteiger partial charge in [0.2, 0.25) is 0 Å². The van der Waals surface area contributed by atoms with E-state index in [-0.39, 0.29) is 11.6 Å². The minimum atomic E-state index is -0.478. The van der Waals surface area contributed by atoms with Crippen LogP contribution in [0.15, 0.2) is 54.6 Å². The van der Waals surface area contributed by atoms with Crippen molar-refractivity contribution in [1.82, 2.24) is 9.78 Å². The molecule has 7 heteroatoms. The molecule has 26 heavy (non-hydrogen) atoms. The summed E-state index contributed by atoms with van der Waals surface area (Å²) in [6.07, 6.45) is 0. The summed E-state index contributed by atoms with van der Waals surface area (Å²) in [6, 6.07) is 13.7. The second kappa shape index (κ2) is 7.18. The zero-order chi connectivity index (χ0) is 18.7. The largest absolute Gasteiger partial charge is 0.324 e. The van der Waals surface area contributed by atoms with Gasteiger partial charge < -0.3 is 5.32 Å². The van der Waals surface area contributed by atoms with Crippen molar-refractivity contribution in [1.29, 1.82) is 0 Å². The van der Waals surface area contributed by atoms with Crippen LogP contribution in [0.3, 0.4) is 0 Å². The summed E-state index contributed by atoms with van der Waals surface area (Å²) in [5, 5.41) is 9.71. The second-order valence-electron chi connectivity index (χ2n) is 5.78. The summed E-state index contributed by atoms with van der Waals surface area (Å²) in [5.41, 5.74) is 2.33. The fourth-order valence-electron chi connectivity index (χ4n) is 2.46. The first kappa shape index (κ1) is 17.3. The highest BCUT2D eigenvalue weighted by atomic mass is 19.1. The van der Waals surface area contributed by atoms with Crippen molar-refractivity contribution in [3.05, 3.63) is 71.7 Å². The third-order valence-corrected chi connectivity index (χ3v) is 3.67. The van der Waals surface area contributed by atoms with Crippen molar-refractivity contribution >= 4 is 23.3 Å². The van der Waals surface area contributed by atoms with Gasteiger partial charge in [-0.25, -0.2) is 13.9 Å².